The molecule has 3 rings (SSSR count). The number of rotatable bonds is 3. The minimum absolute atomic E-state index is 0.338. The number of nitrogens with two attached hydrogens (primary N) is 1. The first-order valence-corrected chi connectivity index (χ1v) is 8.57. The highest BCUT2D eigenvalue weighted by Gasteiger charge is 2.17. The molecule has 0 saturated carbocycles. The lowest BCUT2D eigenvalue weighted by Crippen LogP contribution is -2.16. The molecule has 2 N–H and O–H groups in total. The van der Waals surface area contributed by atoms with Crippen molar-refractivity contribution in [3.8, 4) is 11.5 Å². The van der Waals surface area contributed by atoms with E-state index < -0.39 is 10.8 Å². The summed E-state index contributed by atoms with van der Waals surface area (Å²) in [5.41, 5.74) is 7.40. The molecule has 0 amide bonds. The van der Waals surface area contributed by atoms with E-state index >= 15 is 0 Å². The van der Waals surface area contributed by atoms with Crippen molar-refractivity contribution in [1.82, 2.24) is 0 Å². The van der Waals surface area contributed by atoms with Gasteiger partial charge in [0.2, 0.25) is 0 Å². The maximum absolute atomic E-state index is 12.5. The van der Waals surface area contributed by atoms with E-state index in [1.54, 1.807) is 6.07 Å². The van der Waals surface area contributed by atoms with E-state index in [0.717, 1.165) is 14.9 Å². The van der Waals surface area contributed by atoms with E-state index in [0.29, 0.717) is 36.2 Å². The minimum Gasteiger partial charge on any atom is -0.486 e. The van der Waals surface area contributed by atoms with Gasteiger partial charge in [-0.3, -0.25) is 4.21 Å². The van der Waals surface area contributed by atoms with Gasteiger partial charge in [0.15, 0.2) is 11.5 Å². The minimum atomic E-state index is -1.18. The Morgan fingerprint density at radius 1 is 1.14 bits per heavy atom. The molecule has 2 aromatic rings. The number of ether oxygens (including phenoxy) is 2. The summed E-state index contributed by atoms with van der Waals surface area (Å²) in [5, 5.41) is 0. The van der Waals surface area contributed by atoms with Crippen LogP contribution >= 0.6 is 15.9 Å². The molecule has 0 fully saturated rings. The zero-order chi connectivity index (χ0) is 14.8. The van der Waals surface area contributed by atoms with Gasteiger partial charge in [0.25, 0.3) is 0 Å². The molecule has 21 heavy (non-hydrogen) atoms. The molecule has 0 bridgehead atoms. The van der Waals surface area contributed by atoms with Crippen LogP contribution in [0, 0.1) is 0 Å². The fourth-order valence-electron chi connectivity index (χ4n) is 2.12. The molecule has 1 aliphatic rings. The molecule has 0 radical (unpaired) electrons. The van der Waals surface area contributed by atoms with Gasteiger partial charge in [0, 0.05) is 16.2 Å². The third-order valence-electron chi connectivity index (χ3n) is 3.17. The van der Waals surface area contributed by atoms with Gasteiger partial charge in [-0.2, -0.15) is 0 Å². The van der Waals surface area contributed by atoms with E-state index in [1.165, 1.54) is 0 Å². The molecule has 0 aliphatic carbocycles. The largest absolute Gasteiger partial charge is 0.486 e. The van der Waals surface area contributed by atoms with E-state index in [1.807, 2.05) is 30.3 Å². The standard InChI is InChI=1S/C15H14BrNO3S/c16-11-3-1-2-4-15(11)21(18)9-10-7-13-14(8-12(10)17)20-6-5-19-13/h1-4,7-8H,5-6,9,17H2. The maximum atomic E-state index is 12.5. The number of hydrogen-bond acceptors (Lipinski definition) is 4. The third kappa shape index (κ3) is 3.06. The molecular formula is C15H14BrNO3S. The molecule has 1 atom stereocenters. The lowest BCUT2D eigenvalue weighted by atomic mass is 10.2. The van der Waals surface area contributed by atoms with E-state index in [2.05, 4.69) is 15.9 Å². The number of hydrogen-bond donors (Lipinski definition) is 1. The first kappa shape index (κ1) is 14.4. The van der Waals surface area contributed by atoms with Crippen LogP contribution in [-0.2, 0) is 16.6 Å². The van der Waals surface area contributed by atoms with Gasteiger partial charge in [-0.15, -0.1) is 0 Å². The summed E-state index contributed by atoms with van der Waals surface area (Å²) < 4.78 is 24.4. The van der Waals surface area contributed by atoms with Crippen LogP contribution in [0.25, 0.3) is 0 Å². The topological polar surface area (TPSA) is 61.6 Å². The van der Waals surface area contributed by atoms with Gasteiger partial charge in [-0.05, 0) is 39.7 Å². The van der Waals surface area contributed by atoms with Crippen molar-refractivity contribution in [2.45, 2.75) is 10.6 Å². The highest BCUT2D eigenvalue weighted by atomic mass is 79.9. The van der Waals surface area contributed by atoms with E-state index in [-0.39, 0.29) is 0 Å². The molecule has 0 aromatic heterocycles. The lowest BCUT2D eigenvalue weighted by Gasteiger charge is -2.20. The maximum Gasteiger partial charge on any atom is 0.163 e. The summed E-state index contributed by atoms with van der Waals surface area (Å²) >= 11 is 3.42. The van der Waals surface area contributed by atoms with Crippen molar-refractivity contribution in [1.29, 1.82) is 0 Å². The Morgan fingerprint density at radius 3 is 2.52 bits per heavy atom. The Kier molecular flexibility index (Phi) is 4.17. The smallest absolute Gasteiger partial charge is 0.163 e. The Bertz CT molecular complexity index is 705. The normalized spacial score (nSPS) is 14.7. The quantitative estimate of drug-likeness (QED) is 0.846. The van der Waals surface area contributed by atoms with Crippen LogP contribution in [0.2, 0.25) is 0 Å². The van der Waals surface area contributed by atoms with Crippen molar-refractivity contribution in [2.75, 3.05) is 18.9 Å². The van der Waals surface area contributed by atoms with Gasteiger partial charge in [-0.25, -0.2) is 0 Å². The predicted molar refractivity (Wildman–Crippen MR) is 86.1 cm³/mol. The van der Waals surface area contributed by atoms with E-state index in [4.69, 9.17) is 15.2 Å². The fraction of sp³-hybridized carbons (Fsp3) is 0.200. The molecule has 2 aromatic carbocycles. The van der Waals surface area contributed by atoms with Gasteiger partial charge in [-0.1, -0.05) is 12.1 Å². The van der Waals surface area contributed by atoms with Crippen LogP contribution < -0.4 is 15.2 Å². The molecule has 1 aliphatic heterocycles. The van der Waals surface area contributed by atoms with Gasteiger partial charge < -0.3 is 15.2 Å². The molecule has 110 valence electrons. The van der Waals surface area contributed by atoms with Crippen molar-refractivity contribution >= 4 is 32.4 Å². The summed E-state index contributed by atoms with van der Waals surface area (Å²) in [7, 11) is -1.18. The molecule has 1 heterocycles. The second-order valence-electron chi connectivity index (χ2n) is 4.61. The summed E-state index contributed by atoms with van der Waals surface area (Å²) in [6.45, 7) is 1.04. The zero-order valence-corrected chi connectivity index (χ0v) is 13.6. The SMILES string of the molecule is Nc1cc2c(cc1CS(=O)c1ccccc1Br)OCCO2. The first-order valence-electron chi connectivity index (χ1n) is 6.46. The molecule has 6 heteroatoms. The average molecular weight is 368 g/mol. The van der Waals surface area contributed by atoms with Crippen molar-refractivity contribution in [3.05, 3.63) is 46.4 Å². The zero-order valence-electron chi connectivity index (χ0n) is 11.2. The van der Waals surface area contributed by atoms with Crippen LogP contribution in [0.15, 0.2) is 45.8 Å². The van der Waals surface area contributed by atoms with Crippen LogP contribution in [0.3, 0.4) is 0 Å². The second kappa shape index (κ2) is 6.07. The number of benzene rings is 2. The van der Waals surface area contributed by atoms with E-state index in [9.17, 15) is 4.21 Å². The van der Waals surface area contributed by atoms with Crippen molar-refractivity contribution in [3.63, 3.8) is 0 Å². The van der Waals surface area contributed by atoms with Crippen molar-refractivity contribution in [2.24, 2.45) is 0 Å². The Morgan fingerprint density at radius 2 is 1.81 bits per heavy atom. The molecule has 0 spiro atoms. The molecule has 0 saturated heterocycles. The summed E-state index contributed by atoms with van der Waals surface area (Å²) in [6.07, 6.45) is 0. The number of anilines is 1. The monoisotopic (exact) mass is 367 g/mol. The van der Waals surface area contributed by atoms with Gasteiger partial charge in [0.05, 0.1) is 21.4 Å². The Hall–Kier alpha value is -1.53. The summed E-state index contributed by atoms with van der Waals surface area (Å²) in [5.74, 6) is 1.65. The van der Waals surface area contributed by atoms with Gasteiger partial charge in [0.1, 0.15) is 13.2 Å². The number of fused-ring (bicyclic) bond motifs is 1. The Balaban J connectivity index is 1.88. The molecule has 1 unspecified atom stereocenters. The summed E-state index contributed by atoms with van der Waals surface area (Å²) in [6, 6.07) is 11.0. The van der Waals surface area contributed by atoms with Crippen molar-refractivity contribution < 1.29 is 13.7 Å². The first-order chi connectivity index (χ1) is 10.1. The molecule has 4 nitrogen and oxygen atoms in total. The predicted octanol–water partition coefficient (Wildman–Crippen LogP) is 3.11. The number of nitrogen functional groups attached to an aromatic ring is 1. The van der Waals surface area contributed by atoms with Crippen LogP contribution in [0.1, 0.15) is 5.56 Å². The third-order valence-corrected chi connectivity index (χ3v) is 5.55. The summed E-state index contributed by atoms with van der Waals surface area (Å²) in [4.78, 5) is 0.756. The molecular weight excluding hydrogens is 354 g/mol. The van der Waals surface area contributed by atoms with Crippen LogP contribution in [-0.4, -0.2) is 17.4 Å². The highest BCUT2D eigenvalue weighted by Crippen LogP contribution is 2.35. The fourth-order valence-corrected chi connectivity index (χ4v) is 4.15. The van der Waals surface area contributed by atoms with Crippen LogP contribution in [0.4, 0.5) is 5.69 Å². The van der Waals surface area contributed by atoms with Crippen LogP contribution in [0.5, 0.6) is 11.5 Å². The average Bonchev–Trinajstić information content (AvgIpc) is 2.48. The number of halogens is 1. The second-order valence-corrected chi connectivity index (χ2v) is 6.89. The highest BCUT2D eigenvalue weighted by molar-refractivity contribution is 9.10. The Labute approximate surface area is 133 Å². The lowest BCUT2D eigenvalue weighted by molar-refractivity contribution is 0.171. The van der Waals surface area contributed by atoms with Gasteiger partial charge >= 0.3 is 0 Å².